The van der Waals surface area contributed by atoms with Gasteiger partial charge in [0.15, 0.2) is 28.9 Å². The van der Waals surface area contributed by atoms with E-state index in [2.05, 4.69) is 155 Å². The lowest BCUT2D eigenvalue weighted by atomic mass is 9.43. The highest BCUT2D eigenvalue weighted by atomic mass is 16.5. The lowest BCUT2D eigenvalue weighted by molar-refractivity contribution is -0.238. The molecule has 0 bridgehead atoms. The van der Waals surface area contributed by atoms with E-state index >= 15 is 0 Å². The molecule has 113 heavy (non-hydrogen) atoms. The van der Waals surface area contributed by atoms with Crippen molar-refractivity contribution in [1.82, 2.24) is 37.2 Å². The normalized spacial score (nSPS) is 23.5. The van der Waals surface area contributed by atoms with Gasteiger partial charge in [0.25, 0.3) is 0 Å². The maximum Gasteiger partial charge on any atom is 0.220 e. The molecule has 0 aromatic carbocycles. The number of carbonyl (C=O) groups excluding carboxylic acids is 8. The van der Waals surface area contributed by atoms with E-state index in [9.17, 15) is 38.4 Å². The summed E-state index contributed by atoms with van der Waals surface area (Å²) in [6.07, 6.45) is 15.6. The predicted octanol–water partition coefficient (Wildman–Crippen LogP) is 18.3. The van der Waals surface area contributed by atoms with Crippen LogP contribution < -0.4 is 37.2 Å². The number of hydrogen-bond acceptors (Lipinski definition) is 17. The largest absolute Gasteiger partial charge is 0.379 e. The second-order valence-corrected chi connectivity index (χ2v) is 37.7. The molecule has 7 N–H and O–H groups in total. The average Bonchev–Trinajstić information content (AvgIpc) is 1.65. The summed E-state index contributed by atoms with van der Waals surface area (Å²) in [7, 11) is 1.94. The molecule has 2 amide bonds. The van der Waals surface area contributed by atoms with Gasteiger partial charge in [0.1, 0.15) is 5.78 Å². The van der Waals surface area contributed by atoms with Crippen molar-refractivity contribution < 1.29 is 57.3 Å². The summed E-state index contributed by atoms with van der Waals surface area (Å²) < 4.78 is 26.5. The van der Waals surface area contributed by atoms with Gasteiger partial charge in [0.2, 0.25) is 11.8 Å². The Morgan fingerprint density at radius 1 is 0.407 bits per heavy atom. The zero-order chi connectivity index (χ0) is 83.7. The molecule has 0 aromatic heterocycles. The first kappa shape index (κ1) is 116. The van der Waals surface area contributed by atoms with Crippen molar-refractivity contribution in [2.24, 2.45) is 81.8 Å². The lowest BCUT2D eigenvalue weighted by Crippen LogP contribution is -2.63. The van der Waals surface area contributed by atoms with Crippen LogP contribution in [0.15, 0.2) is 0 Å². The van der Waals surface area contributed by atoms with Crippen LogP contribution in [0.2, 0.25) is 0 Å². The zero-order valence-electron chi connectivity index (χ0n) is 75.7. The van der Waals surface area contributed by atoms with E-state index < -0.39 is 24.0 Å². The van der Waals surface area contributed by atoms with E-state index in [-0.39, 0.29) is 168 Å². The van der Waals surface area contributed by atoms with Crippen molar-refractivity contribution in [3.8, 4) is 0 Å². The Kier molecular flexibility index (Phi) is 59.2. The lowest BCUT2D eigenvalue weighted by Gasteiger charge is -2.65. The number of hydrogen-bond donors (Lipinski definition) is 7. The fraction of sp³-hybridized carbons (Fsp3) is 0.915. The Morgan fingerprint density at radius 2 is 0.805 bits per heavy atom. The van der Waals surface area contributed by atoms with Gasteiger partial charge in [-0.1, -0.05) is 189 Å². The zero-order valence-corrected chi connectivity index (χ0v) is 75.7. The van der Waals surface area contributed by atoms with Crippen LogP contribution in [-0.4, -0.2) is 170 Å². The standard InChI is InChI=1S/C34H62O4.C30H53N3O6.C14H30N2O.C12H26N2O.4CH4/c1-20(2)35-19-24(9)27-12-13-28-32-29(18-31(34(27,28)11)38-23(7)8)33(10)15-14-26(36-21(3)4)16-25(33)17-30(32)37-22(5)6;1-17(2)25(34)14-11-23(29(38)19(5)6)32-27(36)16-13-24(30(39)20(7)8)33-26(35)15-12-22(31-21(9)10)28(37)18(3)4;1-10(2)14(17)13(16-12(5)6)8-7-9-15-11(3)4;1-9(2)12(15)11(14-10(3)4)7-6-8-13-5;;;;/h20-32H,12-19H2,1-11H3;17-24,31H,11-16H2,1-10H3,(H,32,36)(H,33,35);10-13,15-16H,7-9H2,1-6H3;9-11,13-14H,6-8H2,1-5H3;4*1H4/t24-,25?,26?,27?,28?,29?,30?,31?,32?,33?,34?;;;11-;;;;/m1..0..../s1. The van der Waals surface area contributed by atoms with Gasteiger partial charge in [-0.25, -0.2) is 0 Å². The molecule has 0 aromatic rings. The molecule has 4 aliphatic carbocycles. The Labute approximate surface area is 696 Å². The number of fused-ring (bicyclic) bond motifs is 5. The van der Waals surface area contributed by atoms with Gasteiger partial charge in [-0.3, -0.25) is 38.4 Å². The summed E-state index contributed by atoms with van der Waals surface area (Å²) in [5.74, 6) is 2.65. The molecule has 14 unspecified atom stereocenters. The number of ether oxygens (including phenoxy) is 4. The van der Waals surface area contributed by atoms with E-state index in [0.29, 0.717) is 101 Å². The van der Waals surface area contributed by atoms with Crippen LogP contribution >= 0.6 is 0 Å². The van der Waals surface area contributed by atoms with E-state index in [1.165, 1.54) is 44.9 Å². The summed E-state index contributed by atoms with van der Waals surface area (Å²) in [5, 5.41) is 21.9. The molecule has 670 valence electrons. The van der Waals surface area contributed by atoms with Gasteiger partial charge in [-0.2, -0.15) is 0 Å². The Morgan fingerprint density at radius 3 is 1.19 bits per heavy atom. The molecular weight excluding hydrogens is 1420 g/mol. The Balaban J connectivity index is -0.000000746. The molecule has 0 spiro atoms. The average molecular weight is 1610 g/mol. The maximum absolute atomic E-state index is 12.8. The van der Waals surface area contributed by atoms with Gasteiger partial charge < -0.3 is 56.2 Å². The number of amides is 2. The van der Waals surface area contributed by atoms with E-state index in [1.54, 1.807) is 41.5 Å². The topological polar surface area (TPSA) is 258 Å². The number of Topliss-reactive ketones (excluding diaryl/α,β-unsaturated/α-hetero) is 6. The molecule has 0 aliphatic heterocycles. The minimum Gasteiger partial charge on any atom is -0.379 e. The monoisotopic (exact) mass is 1610 g/mol. The number of rotatable bonds is 47. The van der Waals surface area contributed by atoms with Crippen LogP contribution in [0.5, 0.6) is 0 Å². The molecule has 4 aliphatic rings. The van der Waals surface area contributed by atoms with E-state index in [1.807, 2.05) is 62.4 Å². The minimum atomic E-state index is -0.859. The number of nitrogens with one attached hydrogen (secondary N) is 7. The summed E-state index contributed by atoms with van der Waals surface area (Å²) in [5.41, 5.74) is 0.521. The maximum atomic E-state index is 12.8. The van der Waals surface area contributed by atoms with Gasteiger partial charge in [0.05, 0.1) is 72.9 Å². The van der Waals surface area contributed by atoms with E-state index in [4.69, 9.17) is 18.9 Å². The summed E-state index contributed by atoms with van der Waals surface area (Å²) in [6.45, 7) is 66.7. The van der Waals surface area contributed by atoms with Crippen molar-refractivity contribution in [1.29, 1.82) is 0 Å². The van der Waals surface area contributed by atoms with Crippen molar-refractivity contribution in [2.75, 3.05) is 26.7 Å². The Hall–Kier alpha value is -3.40. The first-order chi connectivity index (χ1) is 50.6. The third kappa shape index (κ3) is 40.9. The molecule has 4 fully saturated rings. The molecule has 19 heteroatoms. The van der Waals surface area contributed by atoms with Crippen molar-refractivity contribution in [3.63, 3.8) is 0 Å². The highest BCUT2D eigenvalue weighted by Gasteiger charge is 2.67. The van der Waals surface area contributed by atoms with Crippen molar-refractivity contribution in [2.45, 2.75) is 451 Å². The van der Waals surface area contributed by atoms with Crippen molar-refractivity contribution in [3.05, 3.63) is 0 Å². The number of carbonyl (C=O) groups is 8. The van der Waals surface area contributed by atoms with Crippen LogP contribution in [0.4, 0.5) is 0 Å². The van der Waals surface area contributed by atoms with Crippen LogP contribution in [0.1, 0.15) is 353 Å². The first-order valence-electron chi connectivity index (χ1n) is 43.6. The van der Waals surface area contributed by atoms with Crippen LogP contribution in [-0.2, 0) is 57.3 Å². The van der Waals surface area contributed by atoms with E-state index in [0.717, 1.165) is 45.4 Å². The molecular formula is C94H187N7O12. The SMILES string of the molecule is C.C.C.C.CC(C)NC(CCC(=O)NC(CCC(=O)NC(CCC(=O)C(C)C)C(=O)C(C)C)C(=O)C(C)C)C(=O)C(C)C.CC(C)NCCCC(NC(C)C)C(=O)C(C)C.CC(C)OC[C@@H](C)C1CCC2C3C(OC(C)C)CC4CC(OC(C)C)CCC4(C)C3CC(OC(C)C)C21C.CNCCC[C@H](NC(C)C)C(=O)C(C)C. The van der Waals surface area contributed by atoms with Gasteiger partial charge in [0, 0.05) is 91.0 Å². The summed E-state index contributed by atoms with van der Waals surface area (Å²) >= 11 is 0. The van der Waals surface area contributed by atoms with Crippen LogP contribution in [0.25, 0.3) is 0 Å². The molecule has 19 nitrogen and oxygen atoms in total. The highest BCUT2D eigenvalue weighted by Crippen LogP contribution is 2.69. The highest BCUT2D eigenvalue weighted by molar-refractivity contribution is 5.93. The van der Waals surface area contributed by atoms with Crippen molar-refractivity contribution >= 4 is 46.5 Å². The second-order valence-electron chi connectivity index (χ2n) is 37.7. The number of ketones is 6. The molecule has 16 atom stereocenters. The minimum absolute atomic E-state index is 0. The molecule has 4 saturated carbocycles. The molecule has 0 heterocycles. The third-order valence-corrected chi connectivity index (χ3v) is 23.1. The molecule has 0 saturated heterocycles. The summed E-state index contributed by atoms with van der Waals surface area (Å²) in [6, 6.07) is -0.730. The fourth-order valence-corrected chi connectivity index (χ4v) is 17.6. The second kappa shape index (κ2) is 57.7. The fourth-order valence-electron chi connectivity index (χ4n) is 17.6. The predicted molar refractivity (Wildman–Crippen MR) is 476 cm³/mol. The van der Waals surface area contributed by atoms with Gasteiger partial charge >= 0.3 is 0 Å². The quantitative estimate of drug-likeness (QED) is 0.0280. The molecule has 4 rings (SSSR count). The summed E-state index contributed by atoms with van der Waals surface area (Å²) in [4.78, 5) is 99.6. The van der Waals surface area contributed by atoms with Gasteiger partial charge in [-0.05, 0) is 206 Å². The Bertz CT molecular complexity index is 2640. The third-order valence-electron chi connectivity index (χ3n) is 23.1. The van der Waals surface area contributed by atoms with Gasteiger partial charge in [-0.15, -0.1) is 0 Å². The smallest absolute Gasteiger partial charge is 0.220 e. The van der Waals surface area contributed by atoms with Crippen LogP contribution in [0, 0.1) is 81.8 Å². The van der Waals surface area contributed by atoms with Crippen LogP contribution in [0.3, 0.4) is 0 Å². The molecule has 0 radical (unpaired) electrons. The first-order valence-corrected chi connectivity index (χ1v) is 43.6.